The van der Waals surface area contributed by atoms with E-state index in [0.717, 1.165) is 23.5 Å². The van der Waals surface area contributed by atoms with E-state index in [9.17, 15) is 9.18 Å². The van der Waals surface area contributed by atoms with Gasteiger partial charge in [0.1, 0.15) is 11.6 Å². The lowest BCUT2D eigenvalue weighted by atomic mass is 10.1. The summed E-state index contributed by atoms with van der Waals surface area (Å²) >= 11 is 0. The van der Waals surface area contributed by atoms with Crippen molar-refractivity contribution in [2.45, 2.75) is 40.3 Å². The number of rotatable bonds is 5. The molecule has 134 valence electrons. The quantitative estimate of drug-likeness (QED) is 0.905. The molecule has 1 aliphatic rings. The zero-order valence-electron chi connectivity index (χ0n) is 14.8. The Morgan fingerprint density at radius 1 is 1.32 bits per heavy atom. The molecule has 1 aliphatic heterocycles. The summed E-state index contributed by atoms with van der Waals surface area (Å²) in [6.07, 6.45) is 0.498. The van der Waals surface area contributed by atoms with Crippen molar-refractivity contribution in [3.8, 4) is 5.75 Å². The second kappa shape index (κ2) is 7.27. The van der Waals surface area contributed by atoms with Crippen LogP contribution in [0.2, 0.25) is 0 Å². The van der Waals surface area contributed by atoms with Crippen LogP contribution in [0.15, 0.2) is 18.2 Å². The molecule has 0 saturated heterocycles. The molecule has 2 aromatic rings. The summed E-state index contributed by atoms with van der Waals surface area (Å²) < 4.78 is 26.5. The van der Waals surface area contributed by atoms with Crippen molar-refractivity contribution in [3.63, 3.8) is 0 Å². The number of aryl methyl sites for hydroxylation is 1. The molecule has 1 amide bonds. The highest BCUT2D eigenvalue weighted by molar-refractivity contribution is 5.95. The number of hydrogen-bond acceptors (Lipinski definition) is 3. The van der Waals surface area contributed by atoms with Crippen LogP contribution < -0.4 is 10.1 Å². The maximum Gasteiger partial charge on any atom is 0.253 e. The van der Waals surface area contributed by atoms with E-state index in [-0.39, 0.29) is 18.5 Å². The Hall–Kier alpha value is -2.34. The fourth-order valence-electron chi connectivity index (χ4n) is 3.37. The molecular weight excluding hydrogens is 323 g/mol. The van der Waals surface area contributed by atoms with Gasteiger partial charge in [-0.1, -0.05) is 0 Å². The van der Waals surface area contributed by atoms with Crippen LogP contribution >= 0.6 is 0 Å². The molecule has 0 unspecified atom stereocenters. The summed E-state index contributed by atoms with van der Waals surface area (Å²) in [4.78, 5) is 12.4. The first-order valence-corrected chi connectivity index (χ1v) is 8.48. The van der Waals surface area contributed by atoms with Crippen LogP contribution in [0.5, 0.6) is 5.75 Å². The molecule has 1 N–H and O–H groups in total. The third kappa shape index (κ3) is 3.54. The summed E-state index contributed by atoms with van der Waals surface area (Å²) in [5, 5.41) is 2.92. The first-order chi connectivity index (χ1) is 12.0. The van der Waals surface area contributed by atoms with Crippen molar-refractivity contribution in [3.05, 3.63) is 52.1 Å². The summed E-state index contributed by atoms with van der Waals surface area (Å²) in [6, 6.07) is 4.79. The minimum atomic E-state index is -0.319. The van der Waals surface area contributed by atoms with E-state index in [1.807, 2.05) is 19.9 Å². The molecule has 5 nitrogen and oxygen atoms in total. The van der Waals surface area contributed by atoms with E-state index in [1.54, 1.807) is 0 Å². The van der Waals surface area contributed by atoms with Gasteiger partial charge in [-0.05, 0) is 51.0 Å². The SMILES string of the molecule is CCn1c(C)cc(C(=O)NCCc2cc(F)cc3c2OCOC3)c1C. The molecule has 0 fully saturated rings. The van der Waals surface area contributed by atoms with Crippen molar-refractivity contribution in [1.82, 2.24) is 9.88 Å². The second-order valence-electron chi connectivity index (χ2n) is 6.20. The zero-order valence-corrected chi connectivity index (χ0v) is 14.8. The summed E-state index contributed by atoms with van der Waals surface area (Å²) in [5.41, 5.74) is 4.17. The molecule has 0 atom stereocenters. The van der Waals surface area contributed by atoms with Gasteiger partial charge in [0.25, 0.3) is 5.91 Å². The van der Waals surface area contributed by atoms with Gasteiger partial charge in [-0.2, -0.15) is 0 Å². The van der Waals surface area contributed by atoms with E-state index >= 15 is 0 Å². The highest BCUT2D eigenvalue weighted by Crippen LogP contribution is 2.29. The lowest BCUT2D eigenvalue weighted by molar-refractivity contribution is -0.0172. The fourth-order valence-corrected chi connectivity index (χ4v) is 3.37. The summed E-state index contributed by atoms with van der Waals surface area (Å²) in [5.74, 6) is 0.244. The van der Waals surface area contributed by atoms with E-state index in [0.29, 0.717) is 36.4 Å². The van der Waals surface area contributed by atoms with Gasteiger partial charge in [-0.25, -0.2) is 4.39 Å². The summed E-state index contributed by atoms with van der Waals surface area (Å²) in [6.45, 7) is 7.75. The molecule has 0 spiro atoms. The van der Waals surface area contributed by atoms with Crippen molar-refractivity contribution >= 4 is 5.91 Å². The lowest BCUT2D eigenvalue weighted by Gasteiger charge is -2.21. The van der Waals surface area contributed by atoms with Gasteiger partial charge < -0.3 is 19.4 Å². The van der Waals surface area contributed by atoms with Crippen molar-refractivity contribution in [1.29, 1.82) is 0 Å². The van der Waals surface area contributed by atoms with Crippen molar-refractivity contribution in [2.24, 2.45) is 0 Å². The number of aromatic nitrogens is 1. The highest BCUT2D eigenvalue weighted by Gasteiger charge is 2.18. The smallest absolute Gasteiger partial charge is 0.253 e. The maximum absolute atomic E-state index is 13.7. The normalized spacial score (nSPS) is 13.3. The minimum absolute atomic E-state index is 0.109. The number of amides is 1. The van der Waals surface area contributed by atoms with Crippen LogP contribution in [0, 0.1) is 19.7 Å². The van der Waals surface area contributed by atoms with Gasteiger partial charge in [-0.15, -0.1) is 0 Å². The van der Waals surface area contributed by atoms with Gasteiger partial charge >= 0.3 is 0 Å². The minimum Gasteiger partial charge on any atom is -0.467 e. The Bertz CT molecular complexity index is 798. The Kier molecular flexibility index (Phi) is 5.08. The Morgan fingerprint density at radius 3 is 2.84 bits per heavy atom. The fraction of sp³-hybridized carbons (Fsp3) is 0.421. The Labute approximate surface area is 146 Å². The van der Waals surface area contributed by atoms with Crippen LogP contribution in [0.4, 0.5) is 4.39 Å². The van der Waals surface area contributed by atoms with Gasteiger partial charge in [0, 0.05) is 30.0 Å². The molecule has 0 aliphatic carbocycles. The number of ether oxygens (including phenoxy) is 2. The zero-order chi connectivity index (χ0) is 18.0. The van der Waals surface area contributed by atoms with Gasteiger partial charge in [-0.3, -0.25) is 4.79 Å². The lowest BCUT2D eigenvalue weighted by Crippen LogP contribution is -2.26. The standard InChI is InChI=1S/C19H23FN2O3/c1-4-22-12(2)7-17(13(22)3)19(23)21-6-5-14-8-16(20)9-15-10-24-11-25-18(14)15/h7-9H,4-6,10-11H2,1-3H3,(H,21,23). The van der Waals surface area contributed by atoms with Gasteiger partial charge in [0.2, 0.25) is 0 Å². The number of hydrogen-bond donors (Lipinski definition) is 1. The molecule has 0 radical (unpaired) electrons. The van der Waals surface area contributed by atoms with Crippen molar-refractivity contribution < 1.29 is 18.7 Å². The van der Waals surface area contributed by atoms with Crippen LogP contribution in [-0.4, -0.2) is 23.8 Å². The molecule has 2 heterocycles. The number of nitrogens with zero attached hydrogens (tertiary/aromatic N) is 1. The topological polar surface area (TPSA) is 52.5 Å². The predicted octanol–water partition coefficient (Wildman–Crippen LogP) is 3.10. The first kappa shape index (κ1) is 17.5. The van der Waals surface area contributed by atoms with Crippen molar-refractivity contribution in [2.75, 3.05) is 13.3 Å². The van der Waals surface area contributed by atoms with Gasteiger partial charge in [0.05, 0.1) is 12.2 Å². The number of halogens is 1. The van der Waals surface area contributed by atoms with Crippen LogP contribution in [-0.2, 0) is 24.3 Å². The molecule has 6 heteroatoms. The first-order valence-electron chi connectivity index (χ1n) is 8.48. The highest BCUT2D eigenvalue weighted by atomic mass is 19.1. The third-order valence-corrected chi connectivity index (χ3v) is 4.57. The number of nitrogens with one attached hydrogen (secondary N) is 1. The average molecular weight is 346 g/mol. The summed E-state index contributed by atoms with van der Waals surface area (Å²) in [7, 11) is 0. The number of benzene rings is 1. The van der Waals surface area contributed by atoms with E-state index in [4.69, 9.17) is 9.47 Å². The molecule has 1 aromatic heterocycles. The second-order valence-corrected chi connectivity index (χ2v) is 6.20. The largest absolute Gasteiger partial charge is 0.467 e. The average Bonchev–Trinajstić information content (AvgIpc) is 2.88. The monoisotopic (exact) mass is 346 g/mol. The molecule has 0 bridgehead atoms. The number of carbonyl (C=O) groups is 1. The molecule has 1 aromatic carbocycles. The van der Waals surface area contributed by atoms with E-state index in [2.05, 4.69) is 16.8 Å². The molecule has 3 rings (SSSR count). The Balaban J connectivity index is 1.67. The van der Waals surface area contributed by atoms with Crippen LogP contribution in [0.25, 0.3) is 0 Å². The maximum atomic E-state index is 13.7. The van der Waals surface area contributed by atoms with Crippen LogP contribution in [0.1, 0.15) is 39.8 Å². The predicted molar refractivity (Wildman–Crippen MR) is 92.3 cm³/mol. The third-order valence-electron chi connectivity index (χ3n) is 4.57. The molecule has 25 heavy (non-hydrogen) atoms. The molecular formula is C19H23FN2O3. The molecule has 0 saturated carbocycles. The van der Waals surface area contributed by atoms with E-state index in [1.165, 1.54) is 12.1 Å². The number of fused-ring (bicyclic) bond motifs is 1. The van der Waals surface area contributed by atoms with Crippen LogP contribution in [0.3, 0.4) is 0 Å². The Morgan fingerprint density at radius 2 is 2.12 bits per heavy atom. The van der Waals surface area contributed by atoms with Gasteiger partial charge in [0.15, 0.2) is 6.79 Å². The number of carbonyl (C=O) groups excluding carboxylic acids is 1. The van der Waals surface area contributed by atoms with E-state index < -0.39 is 0 Å².